The monoisotopic (exact) mass is 331 g/mol. The fraction of sp³-hybridized carbons (Fsp3) is 0.278. The smallest absolute Gasteiger partial charge is 0.255 e. The summed E-state index contributed by atoms with van der Waals surface area (Å²) in [7, 11) is 0. The Kier molecular flexibility index (Phi) is 3.94. The molecule has 0 bridgehead atoms. The summed E-state index contributed by atoms with van der Waals surface area (Å²) in [6.07, 6.45) is 0. The Morgan fingerprint density at radius 3 is 2.65 bits per heavy atom. The molecule has 3 rings (SSSR count). The summed E-state index contributed by atoms with van der Waals surface area (Å²) in [5, 5.41) is 3.33. The first-order valence-corrected chi connectivity index (χ1v) is 7.74. The molecule has 0 saturated heterocycles. The number of anilines is 1. The lowest BCUT2D eigenvalue weighted by Gasteiger charge is -2.23. The highest BCUT2D eigenvalue weighted by molar-refractivity contribution is 6.32. The van der Waals surface area contributed by atoms with Crippen LogP contribution >= 0.6 is 11.6 Å². The first-order valence-electron chi connectivity index (χ1n) is 7.36. The van der Waals surface area contributed by atoms with Crippen LogP contribution in [0.2, 0.25) is 5.02 Å². The van der Waals surface area contributed by atoms with E-state index in [0.717, 1.165) is 11.3 Å². The van der Waals surface area contributed by atoms with Gasteiger partial charge in [0.25, 0.3) is 5.91 Å². The van der Waals surface area contributed by atoms with Gasteiger partial charge in [-0.3, -0.25) is 4.79 Å². The third kappa shape index (κ3) is 3.13. The van der Waals surface area contributed by atoms with Gasteiger partial charge in [-0.25, -0.2) is 0 Å². The van der Waals surface area contributed by atoms with Gasteiger partial charge in [0.1, 0.15) is 0 Å². The zero-order valence-corrected chi connectivity index (χ0v) is 14.0. The zero-order valence-electron chi connectivity index (χ0n) is 13.3. The van der Waals surface area contributed by atoms with Gasteiger partial charge in [-0.05, 0) is 29.2 Å². The van der Waals surface area contributed by atoms with Crippen molar-refractivity contribution < 1.29 is 14.3 Å². The van der Waals surface area contributed by atoms with E-state index in [0.29, 0.717) is 22.1 Å². The Balaban J connectivity index is 1.90. The van der Waals surface area contributed by atoms with E-state index >= 15 is 0 Å². The molecule has 0 spiro atoms. The van der Waals surface area contributed by atoms with Gasteiger partial charge in [-0.1, -0.05) is 50.6 Å². The fourth-order valence-corrected chi connectivity index (χ4v) is 2.80. The van der Waals surface area contributed by atoms with E-state index < -0.39 is 0 Å². The summed E-state index contributed by atoms with van der Waals surface area (Å²) in [4.78, 5) is 12.6. The Labute approximate surface area is 140 Å². The first-order chi connectivity index (χ1) is 10.9. The molecule has 1 aliphatic heterocycles. The van der Waals surface area contributed by atoms with E-state index in [1.165, 1.54) is 0 Å². The molecular formula is C18H18ClNO3. The molecule has 0 aliphatic carbocycles. The number of carbonyl (C=O) groups is 1. The molecule has 0 fully saturated rings. The Hall–Kier alpha value is -2.20. The topological polar surface area (TPSA) is 47.6 Å². The highest BCUT2D eigenvalue weighted by Gasteiger charge is 2.22. The number of rotatable bonds is 2. The number of carbonyl (C=O) groups excluding carboxylic acids is 1. The molecular weight excluding hydrogens is 314 g/mol. The van der Waals surface area contributed by atoms with Crippen LogP contribution in [0, 0.1) is 0 Å². The lowest BCUT2D eigenvalue weighted by molar-refractivity contribution is 0.102. The Morgan fingerprint density at radius 2 is 1.91 bits per heavy atom. The van der Waals surface area contributed by atoms with Crippen LogP contribution in [0.15, 0.2) is 36.4 Å². The van der Waals surface area contributed by atoms with Crippen LogP contribution in [0.4, 0.5) is 5.69 Å². The molecule has 0 unspecified atom stereocenters. The van der Waals surface area contributed by atoms with Crippen molar-refractivity contribution in [1.29, 1.82) is 0 Å². The van der Waals surface area contributed by atoms with Crippen molar-refractivity contribution in [2.45, 2.75) is 26.2 Å². The standard InChI is InChI=1S/C18H18ClNO3/c1-18(2,3)12-6-4-5-7-14(12)20-17(21)11-8-13(19)16-15(9-11)22-10-23-16/h4-9H,10H2,1-3H3,(H,20,21). The third-order valence-electron chi connectivity index (χ3n) is 3.67. The minimum atomic E-state index is -0.234. The summed E-state index contributed by atoms with van der Waals surface area (Å²) in [5.74, 6) is 0.743. The molecule has 0 aromatic heterocycles. The predicted molar refractivity (Wildman–Crippen MR) is 90.7 cm³/mol. The summed E-state index contributed by atoms with van der Waals surface area (Å²) in [6.45, 7) is 6.44. The maximum atomic E-state index is 12.6. The Bertz CT molecular complexity index is 765. The van der Waals surface area contributed by atoms with Crippen molar-refractivity contribution in [2.75, 3.05) is 12.1 Å². The second-order valence-electron chi connectivity index (χ2n) is 6.44. The van der Waals surface area contributed by atoms with E-state index in [4.69, 9.17) is 21.1 Å². The average Bonchev–Trinajstić information content (AvgIpc) is 2.95. The number of hydrogen-bond donors (Lipinski definition) is 1. The molecule has 0 atom stereocenters. The number of amides is 1. The molecule has 5 heteroatoms. The molecule has 1 aliphatic rings. The van der Waals surface area contributed by atoms with Gasteiger partial charge in [0.15, 0.2) is 11.5 Å². The predicted octanol–water partition coefficient (Wildman–Crippen LogP) is 4.62. The van der Waals surface area contributed by atoms with Gasteiger partial charge in [0, 0.05) is 11.3 Å². The van der Waals surface area contributed by atoms with E-state index in [1.807, 2.05) is 24.3 Å². The summed E-state index contributed by atoms with van der Waals surface area (Å²) < 4.78 is 10.6. The van der Waals surface area contributed by atoms with Gasteiger partial charge < -0.3 is 14.8 Å². The van der Waals surface area contributed by atoms with Crippen LogP contribution in [0.3, 0.4) is 0 Å². The van der Waals surface area contributed by atoms with Crippen LogP contribution in [0.5, 0.6) is 11.5 Å². The maximum absolute atomic E-state index is 12.6. The van der Waals surface area contributed by atoms with Crippen LogP contribution in [0.25, 0.3) is 0 Å². The largest absolute Gasteiger partial charge is 0.454 e. The normalized spacial score (nSPS) is 13.0. The maximum Gasteiger partial charge on any atom is 0.255 e. The molecule has 0 radical (unpaired) electrons. The minimum Gasteiger partial charge on any atom is -0.454 e. The molecule has 4 nitrogen and oxygen atoms in total. The highest BCUT2D eigenvalue weighted by atomic mass is 35.5. The number of hydrogen-bond acceptors (Lipinski definition) is 3. The molecule has 1 amide bonds. The minimum absolute atomic E-state index is 0.0730. The van der Waals surface area contributed by atoms with Gasteiger partial charge in [0.2, 0.25) is 6.79 Å². The van der Waals surface area contributed by atoms with E-state index in [-0.39, 0.29) is 18.1 Å². The number of halogens is 1. The number of benzene rings is 2. The van der Waals surface area contributed by atoms with Crippen molar-refractivity contribution >= 4 is 23.2 Å². The fourth-order valence-electron chi connectivity index (χ4n) is 2.54. The number of ether oxygens (including phenoxy) is 2. The van der Waals surface area contributed by atoms with Crippen molar-refractivity contribution in [3.05, 3.63) is 52.5 Å². The van der Waals surface area contributed by atoms with Gasteiger partial charge in [0.05, 0.1) is 5.02 Å². The van der Waals surface area contributed by atoms with Gasteiger partial charge in [-0.15, -0.1) is 0 Å². The van der Waals surface area contributed by atoms with Gasteiger partial charge >= 0.3 is 0 Å². The molecule has 23 heavy (non-hydrogen) atoms. The second kappa shape index (κ2) is 5.78. The highest BCUT2D eigenvalue weighted by Crippen LogP contribution is 2.40. The van der Waals surface area contributed by atoms with Crippen LogP contribution < -0.4 is 14.8 Å². The molecule has 0 saturated carbocycles. The first kappa shape index (κ1) is 15.7. The summed E-state index contributed by atoms with van der Waals surface area (Å²) in [5.41, 5.74) is 2.22. The number of fused-ring (bicyclic) bond motifs is 1. The lowest BCUT2D eigenvalue weighted by Crippen LogP contribution is -2.18. The van der Waals surface area contributed by atoms with Gasteiger partial charge in [-0.2, -0.15) is 0 Å². The molecule has 2 aromatic rings. The van der Waals surface area contributed by atoms with E-state index in [1.54, 1.807) is 12.1 Å². The third-order valence-corrected chi connectivity index (χ3v) is 3.95. The SMILES string of the molecule is CC(C)(C)c1ccccc1NC(=O)c1cc(Cl)c2c(c1)OCO2. The quantitative estimate of drug-likeness (QED) is 0.873. The zero-order chi connectivity index (χ0) is 16.6. The summed E-state index contributed by atoms with van der Waals surface area (Å²) in [6, 6.07) is 11.0. The number of para-hydroxylation sites is 1. The van der Waals surface area contributed by atoms with Crippen molar-refractivity contribution in [2.24, 2.45) is 0 Å². The van der Waals surface area contributed by atoms with Crippen molar-refractivity contribution in [1.82, 2.24) is 0 Å². The molecule has 2 aromatic carbocycles. The number of nitrogens with one attached hydrogen (secondary N) is 1. The van der Waals surface area contributed by atoms with Crippen molar-refractivity contribution in [3.8, 4) is 11.5 Å². The summed E-state index contributed by atoms with van der Waals surface area (Å²) >= 11 is 6.14. The van der Waals surface area contributed by atoms with Crippen LogP contribution in [-0.4, -0.2) is 12.7 Å². The molecule has 120 valence electrons. The van der Waals surface area contributed by atoms with E-state index in [9.17, 15) is 4.79 Å². The molecule has 1 heterocycles. The second-order valence-corrected chi connectivity index (χ2v) is 6.85. The van der Waals surface area contributed by atoms with Crippen LogP contribution in [0.1, 0.15) is 36.7 Å². The molecule has 1 N–H and O–H groups in total. The van der Waals surface area contributed by atoms with Crippen LogP contribution in [-0.2, 0) is 5.41 Å². The Morgan fingerprint density at radius 1 is 1.17 bits per heavy atom. The van der Waals surface area contributed by atoms with E-state index in [2.05, 4.69) is 26.1 Å². The van der Waals surface area contributed by atoms with Crippen molar-refractivity contribution in [3.63, 3.8) is 0 Å². The average molecular weight is 332 g/mol. The lowest BCUT2D eigenvalue weighted by atomic mass is 9.86.